The van der Waals surface area contributed by atoms with Crippen LogP contribution in [-0.4, -0.2) is 44.9 Å². The molecule has 7 heteroatoms. The van der Waals surface area contributed by atoms with E-state index in [1.807, 2.05) is 72.3 Å². The second-order valence-electron chi connectivity index (χ2n) is 8.28. The van der Waals surface area contributed by atoms with Crippen molar-refractivity contribution in [3.63, 3.8) is 0 Å². The highest BCUT2D eigenvalue weighted by molar-refractivity contribution is 5.90. The zero-order valence-electron chi connectivity index (χ0n) is 18.2. The third-order valence-electron chi connectivity index (χ3n) is 6.01. The van der Waals surface area contributed by atoms with E-state index in [1.54, 1.807) is 17.4 Å². The van der Waals surface area contributed by atoms with Crippen LogP contribution in [-0.2, 0) is 16.0 Å². The lowest BCUT2D eigenvalue weighted by Gasteiger charge is -2.28. The van der Waals surface area contributed by atoms with Crippen molar-refractivity contribution >= 4 is 11.8 Å². The molecule has 2 amide bonds. The second-order valence-corrected chi connectivity index (χ2v) is 8.28. The average molecular weight is 432 g/mol. The van der Waals surface area contributed by atoms with Crippen molar-refractivity contribution in [1.82, 2.24) is 19.8 Å². The van der Waals surface area contributed by atoms with Gasteiger partial charge in [-0.1, -0.05) is 42.5 Å². The molecular weight excluding hydrogens is 402 g/mol. The number of hydrogen-bond donors (Lipinski definition) is 2. The lowest BCUT2D eigenvalue weighted by atomic mass is 10.0. The van der Waals surface area contributed by atoms with Crippen molar-refractivity contribution in [3.05, 3.63) is 84.4 Å². The highest BCUT2D eigenvalue weighted by atomic mass is 16.2. The van der Waals surface area contributed by atoms with Gasteiger partial charge in [-0.05, 0) is 49.4 Å². The van der Waals surface area contributed by atoms with E-state index in [2.05, 4.69) is 10.3 Å². The second kappa shape index (κ2) is 9.78. The summed E-state index contributed by atoms with van der Waals surface area (Å²) in [5.41, 5.74) is 9.23. The van der Waals surface area contributed by atoms with Gasteiger partial charge in [0, 0.05) is 24.6 Å². The van der Waals surface area contributed by atoms with E-state index in [0.717, 1.165) is 23.2 Å². The molecule has 3 aromatic rings. The Balaban J connectivity index is 1.37. The maximum absolute atomic E-state index is 13.0. The molecule has 1 saturated heterocycles. The first-order chi connectivity index (χ1) is 15.5. The van der Waals surface area contributed by atoms with Gasteiger partial charge in [0.25, 0.3) is 0 Å². The molecule has 166 valence electrons. The summed E-state index contributed by atoms with van der Waals surface area (Å²) in [6, 6.07) is 16.4. The number of nitrogens with two attached hydrogens (primary N) is 1. The minimum atomic E-state index is -0.654. The van der Waals surface area contributed by atoms with Gasteiger partial charge in [0.15, 0.2) is 0 Å². The zero-order chi connectivity index (χ0) is 22.5. The number of hydrogen-bond acceptors (Lipinski definition) is 4. The van der Waals surface area contributed by atoms with Crippen LogP contribution in [0.5, 0.6) is 0 Å². The Morgan fingerprint density at radius 1 is 1.16 bits per heavy atom. The van der Waals surface area contributed by atoms with Crippen LogP contribution in [0, 0.1) is 0 Å². The highest BCUT2D eigenvalue weighted by Gasteiger charge is 2.36. The number of nitrogens with one attached hydrogen (secondary N) is 1. The summed E-state index contributed by atoms with van der Waals surface area (Å²) >= 11 is 0. The molecule has 1 aliphatic heterocycles. The predicted octanol–water partition coefficient (Wildman–Crippen LogP) is 2.61. The molecule has 0 aliphatic carbocycles. The summed E-state index contributed by atoms with van der Waals surface area (Å²) in [5, 5.41) is 3.07. The number of benzene rings is 2. The Kier molecular flexibility index (Phi) is 6.66. The maximum Gasteiger partial charge on any atom is 0.243 e. The Morgan fingerprint density at radius 3 is 2.59 bits per heavy atom. The van der Waals surface area contributed by atoms with E-state index in [9.17, 15) is 9.59 Å². The van der Waals surface area contributed by atoms with Crippen LogP contribution in [0.4, 0.5) is 0 Å². The van der Waals surface area contributed by atoms with Crippen LogP contribution in [0.25, 0.3) is 5.69 Å². The molecule has 4 rings (SSSR count). The topological polar surface area (TPSA) is 93.3 Å². The van der Waals surface area contributed by atoms with Gasteiger partial charge in [-0.15, -0.1) is 0 Å². The van der Waals surface area contributed by atoms with Gasteiger partial charge >= 0.3 is 0 Å². The first-order valence-corrected chi connectivity index (χ1v) is 11.0. The summed E-state index contributed by atoms with van der Waals surface area (Å²) in [6.07, 6.45) is 7.28. The Morgan fingerprint density at radius 2 is 1.91 bits per heavy atom. The van der Waals surface area contributed by atoms with Gasteiger partial charge in [-0.25, -0.2) is 4.98 Å². The standard InChI is InChI=1S/C25H29N5O2/c1-18(20-9-11-21(12-10-20)29-15-13-27-17-29)28-24(31)23-8-5-14-30(23)25(32)22(26)16-19-6-3-2-4-7-19/h2-4,6-7,9-13,15,17-18,22-23H,5,8,14,16,26H2,1H3,(H,28,31)/t18-,22-,23+/m0/s1. The molecule has 1 aromatic heterocycles. The molecule has 0 spiro atoms. The SMILES string of the molecule is C[C@H](NC(=O)[C@H]1CCCN1C(=O)[C@@H](N)Cc1ccccc1)c1ccc(-n2ccnc2)cc1. The molecule has 0 radical (unpaired) electrons. The maximum atomic E-state index is 13.0. The van der Waals surface area contributed by atoms with Crippen molar-refractivity contribution in [2.24, 2.45) is 5.73 Å². The number of likely N-dealkylation sites (tertiary alicyclic amines) is 1. The van der Waals surface area contributed by atoms with Crippen molar-refractivity contribution in [2.75, 3.05) is 6.54 Å². The minimum Gasteiger partial charge on any atom is -0.348 e. The molecule has 0 bridgehead atoms. The quantitative estimate of drug-likeness (QED) is 0.601. The van der Waals surface area contributed by atoms with E-state index in [-0.39, 0.29) is 17.9 Å². The number of rotatable bonds is 7. The van der Waals surface area contributed by atoms with Crippen LogP contribution in [0.1, 0.15) is 36.9 Å². The smallest absolute Gasteiger partial charge is 0.243 e. The van der Waals surface area contributed by atoms with E-state index >= 15 is 0 Å². The molecule has 2 aromatic carbocycles. The minimum absolute atomic E-state index is 0.131. The third-order valence-corrected chi connectivity index (χ3v) is 6.01. The number of imidazole rings is 1. The van der Waals surface area contributed by atoms with Gasteiger partial charge < -0.3 is 20.5 Å². The van der Waals surface area contributed by atoms with E-state index in [0.29, 0.717) is 19.4 Å². The van der Waals surface area contributed by atoms with Gasteiger partial charge in [0.1, 0.15) is 6.04 Å². The number of amides is 2. The summed E-state index contributed by atoms with van der Waals surface area (Å²) in [7, 11) is 0. The van der Waals surface area contributed by atoms with Gasteiger partial charge in [-0.3, -0.25) is 9.59 Å². The zero-order valence-corrected chi connectivity index (χ0v) is 18.2. The fourth-order valence-electron chi connectivity index (χ4n) is 4.21. The summed E-state index contributed by atoms with van der Waals surface area (Å²) in [6.45, 7) is 2.51. The highest BCUT2D eigenvalue weighted by Crippen LogP contribution is 2.21. The fraction of sp³-hybridized carbons (Fsp3) is 0.320. The average Bonchev–Trinajstić information content (AvgIpc) is 3.52. The molecule has 1 aliphatic rings. The fourth-order valence-corrected chi connectivity index (χ4v) is 4.21. The first-order valence-electron chi connectivity index (χ1n) is 11.0. The molecule has 1 fully saturated rings. The normalized spacial score (nSPS) is 17.7. The van der Waals surface area contributed by atoms with Crippen molar-refractivity contribution in [2.45, 2.75) is 44.3 Å². The Bertz CT molecular complexity index is 1030. The van der Waals surface area contributed by atoms with Crippen LogP contribution in [0.15, 0.2) is 73.3 Å². The molecule has 2 heterocycles. The summed E-state index contributed by atoms with van der Waals surface area (Å²) in [5.74, 6) is -0.294. The third kappa shape index (κ3) is 4.89. The lowest BCUT2D eigenvalue weighted by molar-refractivity contribution is -0.139. The predicted molar refractivity (Wildman–Crippen MR) is 123 cm³/mol. The van der Waals surface area contributed by atoms with E-state index < -0.39 is 12.1 Å². The number of nitrogens with zero attached hydrogens (tertiary/aromatic N) is 3. The Hall–Kier alpha value is -3.45. The molecule has 7 nitrogen and oxygen atoms in total. The number of carbonyl (C=O) groups is 2. The molecule has 3 N–H and O–H groups in total. The molecule has 3 atom stereocenters. The largest absolute Gasteiger partial charge is 0.348 e. The van der Waals surface area contributed by atoms with E-state index in [1.165, 1.54) is 0 Å². The molecule has 0 unspecified atom stereocenters. The van der Waals surface area contributed by atoms with Crippen LogP contribution < -0.4 is 11.1 Å². The molecular formula is C25H29N5O2. The first kappa shape index (κ1) is 21.8. The van der Waals surface area contributed by atoms with E-state index in [4.69, 9.17) is 5.73 Å². The molecule has 32 heavy (non-hydrogen) atoms. The van der Waals surface area contributed by atoms with Crippen molar-refractivity contribution in [3.8, 4) is 5.69 Å². The van der Waals surface area contributed by atoms with Crippen molar-refractivity contribution < 1.29 is 9.59 Å². The van der Waals surface area contributed by atoms with Gasteiger partial charge in [0.2, 0.25) is 11.8 Å². The summed E-state index contributed by atoms with van der Waals surface area (Å²) < 4.78 is 1.92. The van der Waals surface area contributed by atoms with Crippen LogP contribution >= 0.6 is 0 Å². The van der Waals surface area contributed by atoms with Crippen LogP contribution in [0.3, 0.4) is 0 Å². The van der Waals surface area contributed by atoms with Crippen LogP contribution in [0.2, 0.25) is 0 Å². The summed E-state index contributed by atoms with van der Waals surface area (Å²) in [4.78, 5) is 31.7. The lowest BCUT2D eigenvalue weighted by Crippen LogP contribution is -2.52. The number of aromatic nitrogens is 2. The molecule has 0 saturated carbocycles. The van der Waals surface area contributed by atoms with Crippen molar-refractivity contribution in [1.29, 1.82) is 0 Å². The Labute approximate surface area is 188 Å². The number of carbonyl (C=O) groups excluding carboxylic acids is 2. The van der Waals surface area contributed by atoms with Gasteiger partial charge in [0.05, 0.1) is 18.4 Å². The monoisotopic (exact) mass is 431 g/mol. The van der Waals surface area contributed by atoms with Gasteiger partial charge in [-0.2, -0.15) is 0 Å².